The molecule has 4 aromatic rings. The van der Waals surface area contributed by atoms with Gasteiger partial charge in [-0.2, -0.15) is 5.26 Å². The van der Waals surface area contributed by atoms with Crippen LogP contribution in [-0.2, 0) is 17.8 Å². The lowest BCUT2D eigenvalue weighted by atomic mass is 10.1. The zero-order valence-corrected chi connectivity index (χ0v) is 17.9. The van der Waals surface area contributed by atoms with E-state index in [1.54, 1.807) is 12.1 Å². The van der Waals surface area contributed by atoms with Gasteiger partial charge in [0.15, 0.2) is 0 Å². The largest absolute Gasteiger partial charge is 0.475 e. The molecule has 0 aliphatic heterocycles. The van der Waals surface area contributed by atoms with Gasteiger partial charge in [0.25, 0.3) is 5.91 Å². The van der Waals surface area contributed by atoms with Crippen LogP contribution < -0.4 is 5.32 Å². The molecule has 1 amide bonds. The minimum Gasteiger partial charge on any atom is -0.475 e. The van der Waals surface area contributed by atoms with Gasteiger partial charge in [-0.3, -0.25) is 4.79 Å². The summed E-state index contributed by atoms with van der Waals surface area (Å²) in [4.78, 5) is 23.8. The Bertz CT molecular complexity index is 1400. The molecule has 0 spiro atoms. The number of carbonyl (C=O) groups is 2. The number of benzene rings is 2. The molecular weight excluding hydrogens is 418 g/mol. The van der Waals surface area contributed by atoms with Gasteiger partial charge in [0.05, 0.1) is 6.54 Å². The van der Waals surface area contributed by atoms with Gasteiger partial charge in [-0.1, -0.05) is 37.3 Å². The number of carbonyl (C=O) groups excluding carboxylic acids is 1. The summed E-state index contributed by atoms with van der Waals surface area (Å²) < 4.78 is 7.27. The maximum Gasteiger partial charge on any atom is 0.371 e. The molecule has 7 nitrogen and oxygen atoms in total. The first-order valence-electron chi connectivity index (χ1n) is 10.4. The highest BCUT2D eigenvalue weighted by Crippen LogP contribution is 2.25. The van der Waals surface area contributed by atoms with E-state index in [0.717, 1.165) is 22.9 Å². The molecule has 0 aliphatic carbocycles. The molecular formula is C26H21N3O4. The van der Waals surface area contributed by atoms with Crippen molar-refractivity contribution in [1.29, 1.82) is 5.26 Å². The summed E-state index contributed by atoms with van der Waals surface area (Å²) in [5.74, 6) is -1.26. The summed E-state index contributed by atoms with van der Waals surface area (Å²) in [6.07, 6.45) is 4.27. The topological polar surface area (TPSA) is 108 Å². The number of fused-ring (bicyclic) bond motifs is 1. The minimum absolute atomic E-state index is 0.0244. The first-order valence-corrected chi connectivity index (χ1v) is 10.4. The van der Waals surface area contributed by atoms with Crippen molar-refractivity contribution in [3.8, 4) is 6.07 Å². The van der Waals surface area contributed by atoms with Gasteiger partial charge in [-0.15, -0.1) is 0 Å². The van der Waals surface area contributed by atoms with Crippen LogP contribution >= 0.6 is 0 Å². The second-order valence-corrected chi connectivity index (χ2v) is 7.48. The molecule has 2 N–H and O–H groups in total. The zero-order valence-electron chi connectivity index (χ0n) is 17.9. The van der Waals surface area contributed by atoms with Crippen molar-refractivity contribution in [2.45, 2.75) is 19.9 Å². The third kappa shape index (κ3) is 4.70. The smallest absolute Gasteiger partial charge is 0.371 e. The van der Waals surface area contributed by atoms with Crippen LogP contribution in [0, 0.1) is 11.3 Å². The predicted octanol–water partition coefficient (Wildman–Crippen LogP) is 5.09. The van der Waals surface area contributed by atoms with E-state index in [1.807, 2.05) is 65.4 Å². The maximum atomic E-state index is 12.7. The summed E-state index contributed by atoms with van der Waals surface area (Å²) in [6.45, 7) is 2.36. The van der Waals surface area contributed by atoms with Gasteiger partial charge < -0.3 is 19.4 Å². The lowest BCUT2D eigenvalue weighted by Crippen LogP contribution is -2.13. The molecule has 2 aromatic carbocycles. The highest BCUT2D eigenvalue weighted by Gasteiger charge is 2.15. The maximum absolute atomic E-state index is 12.7. The molecule has 0 atom stereocenters. The fourth-order valence-electron chi connectivity index (χ4n) is 3.59. The molecule has 0 fully saturated rings. The second kappa shape index (κ2) is 9.28. The molecule has 0 aliphatic rings. The number of carboxylic acids is 1. The Morgan fingerprint density at radius 3 is 2.55 bits per heavy atom. The number of anilines is 1. The molecule has 0 radical (unpaired) electrons. The predicted molar refractivity (Wildman–Crippen MR) is 125 cm³/mol. The van der Waals surface area contributed by atoms with Crippen LogP contribution in [0.2, 0.25) is 0 Å². The molecule has 164 valence electrons. The van der Waals surface area contributed by atoms with Crippen molar-refractivity contribution >= 4 is 34.5 Å². The van der Waals surface area contributed by atoms with Crippen LogP contribution in [0.25, 0.3) is 17.0 Å². The number of hydrogen-bond donors (Lipinski definition) is 2. The van der Waals surface area contributed by atoms with Crippen LogP contribution in [0.4, 0.5) is 5.69 Å². The van der Waals surface area contributed by atoms with E-state index in [1.165, 1.54) is 6.07 Å². The summed E-state index contributed by atoms with van der Waals surface area (Å²) in [5, 5.41) is 22.3. The van der Waals surface area contributed by atoms with Crippen LogP contribution in [0.1, 0.15) is 34.4 Å². The number of aromatic nitrogens is 1. The van der Waals surface area contributed by atoms with E-state index in [9.17, 15) is 14.9 Å². The Kier molecular flexibility index (Phi) is 6.09. The molecule has 0 unspecified atom stereocenters. The number of para-hydroxylation sites is 1. The fraction of sp³-hybridized carbons (Fsp3) is 0.115. The van der Waals surface area contributed by atoms with Crippen molar-refractivity contribution in [1.82, 2.24) is 4.57 Å². The molecule has 33 heavy (non-hydrogen) atoms. The minimum atomic E-state index is -1.13. The monoisotopic (exact) mass is 439 g/mol. The van der Waals surface area contributed by atoms with Crippen LogP contribution in [-0.4, -0.2) is 21.6 Å². The van der Waals surface area contributed by atoms with E-state index in [-0.39, 0.29) is 11.3 Å². The Balaban J connectivity index is 1.63. The number of furan rings is 1. The SMILES string of the molecule is CCc1ccc(NC(=O)/C(C#N)=C\c2cn(Cc3ccc(C(=O)O)o3)c3ccccc23)cc1. The Labute approximate surface area is 190 Å². The Morgan fingerprint density at radius 2 is 1.88 bits per heavy atom. The van der Waals surface area contributed by atoms with Crippen LogP contribution in [0.3, 0.4) is 0 Å². The van der Waals surface area contributed by atoms with Gasteiger partial charge in [0.2, 0.25) is 5.76 Å². The molecule has 7 heteroatoms. The normalized spacial score (nSPS) is 11.3. The number of aromatic carboxylic acids is 1. The van der Waals surface area contributed by atoms with Gasteiger partial charge in [-0.05, 0) is 48.4 Å². The molecule has 0 saturated carbocycles. The quantitative estimate of drug-likeness (QED) is 0.308. The standard InChI is InChI=1S/C26H21N3O4/c1-2-17-7-9-20(10-8-17)28-25(30)18(14-27)13-19-15-29(23-6-4-3-5-22(19)23)16-21-11-12-24(33-21)26(31)32/h3-13,15H,2,16H2,1H3,(H,28,30)(H,31,32)/b18-13-. The van der Waals surface area contributed by atoms with E-state index >= 15 is 0 Å². The lowest BCUT2D eigenvalue weighted by molar-refractivity contribution is -0.112. The number of aryl methyl sites for hydroxylation is 1. The van der Waals surface area contributed by atoms with Crippen LogP contribution in [0.15, 0.2) is 76.9 Å². The van der Waals surface area contributed by atoms with E-state index in [0.29, 0.717) is 23.6 Å². The van der Waals surface area contributed by atoms with Gasteiger partial charge >= 0.3 is 5.97 Å². The first kappa shape index (κ1) is 21.7. The second-order valence-electron chi connectivity index (χ2n) is 7.48. The molecule has 4 rings (SSSR count). The third-order valence-corrected chi connectivity index (χ3v) is 5.30. The zero-order chi connectivity index (χ0) is 23.4. The van der Waals surface area contributed by atoms with Gasteiger partial charge in [-0.25, -0.2) is 4.79 Å². The number of nitriles is 1. The van der Waals surface area contributed by atoms with E-state index in [4.69, 9.17) is 9.52 Å². The van der Waals surface area contributed by atoms with E-state index in [2.05, 4.69) is 12.2 Å². The van der Waals surface area contributed by atoms with Crippen molar-refractivity contribution in [3.63, 3.8) is 0 Å². The Morgan fingerprint density at radius 1 is 1.12 bits per heavy atom. The highest BCUT2D eigenvalue weighted by molar-refractivity contribution is 6.10. The number of rotatable bonds is 7. The van der Waals surface area contributed by atoms with Gasteiger partial charge in [0.1, 0.15) is 17.4 Å². The van der Waals surface area contributed by atoms with Crippen molar-refractivity contribution in [2.75, 3.05) is 5.32 Å². The summed E-state index contributed by atoms with van der Waals surface area (Å²) in [6, 6.07) is 20.1. The summed E-state index contributed by atoms with van der Waals surface area (Å²) >= 11 is 0. The summed E-state index contributed by atoms with van der Waals surface area (Å²) in [7, 11) is 0. The van der Waals surface area contributed by atoms with E-state index < -0.39 is 11.9 Å². The Hall–Kier alpha value is -4.57. The van der Waals surface area contributed by atoms with Crippen molar-refractivity contribution in [2.24, 2.45) is 0 Å². The molecule has 2 aromatic heterocycles. The lowest BCUT2D eigenvalue weighted by Gasteiger charge is -2.05. The highest BCUT2D eigenvalue weighted by atomic mass is 16.4. The number of nitrogens with one attached hydrogen (secondary N) is 1. The average molecular weight is 439 g/mol. The van der Waals surface area contributed by atoms with Crippen molar-refractivity contribution in [3.05, 3.63) is 95.1 Å². The number of amides is 1. The van der Waals surface area contributed by atoms with Gasteiger partial charge in [0, 0.05) is 28.4 Å². The number of nitrogens with zero attached hydrogens (tertiary/aromatic N) is 2. The van der Waals surface area contributed by atoms with Crippen molar-refractivity contribution < 1.29 is 19.1 Å². The summed E-state index contributed by atoms with van der Waals surface area (Å²) in [5.41, 5.74) is 3.31. The van der Waals surface area contributed by atoms with Crippen LogP contribution in [0.5, 0.6) is 0 Å². The fourth-order valence-corrected chi connectivity index (χ4v) is 3.59. The number of carboxylic acid groups (broad SMARTS) is 1. The molecule has 0 bridgehead atoms. The first-order chi connectivity index (χ1) is 16.0. The molecule has 0 saturated heterocycles. The average Bonchev–Trinajstić information content (AvgIpc) is 3.43. The third-order valence-electron chi connectivity index (χ3n) is 5.30. The molecule has 2 heterocycles. The number of hydrogen-bond acceptors (Lipinski definition) is 4.